The molecule has 0 aliphatic carbocycles. The number of nitrogens with two attached hydrogens (primary N) is 2. The van der Waals surface area contributed by atoms with Gasteiger partial charge in [-0.2, -0.15) is 0 Å². The maximum atomic E-state index is 14.3. The van der Waals surface area contributed by atoms with Crippen molar-refractivity contribution in [3.05, 3.63) is 35.9 Å². The summed E-state index contributed by atoms with van der Waals surface area (Å²) in [5, 5.41) is 15.7. The number of aromatic nitrogens is 3. The smallest absolute Gasteiger partial charge is 0.148 e. The zero-order valence-corrected chi connectivity index (χ0v) is 12.3. The van der Waals surface area contributed by atoms with Gasteiger partial charge in [-0.25, -0.2) is 9.07 Å². The lowest BCUT2D eigenvalue weighted by atomic mass is 10.2. The van der Waals surface area contributed by atoms with Gasteiger partial charge < -0.3 is 10.6 Å². The molecule has 0 saturated heterocycles. The highest BCUT2D eigenvalue weighted by Crippen LogP contribution is 2.24. The summed E-state index contributed by atoms with van der Waals surface area (Å²) in [5.41, 5.74) is 7.38. The molecular formula is C13H17FN6S. The van der Waals surface area contributed by atoms with Crippen LogP contribution in [-0.2, 0) is 6.54 Å². The van der Waals surface area contributed by atoms with Crippen LogP contribution < -0.4 is 15.8 Å². The standard InChI is InChI=1S/C13H17FN6S/c14-12-7-11(20-9-10(8-15)17-18-20)1-2-13(12)19-3-5-21(16)6-4-19/h1-2,5,7,9H,3-4,6,8,15-16H2. The van der Waals surface area contributed by atoms with E-state index in [0.717, 1.165) is 12.3 Å². The van der Waals surface area contributed by atoms with Gasteiger partial charge in [0, 0.05) is 31.5 Å². The monoisotopic (exact) mass is 308 g/mol. The fraction of sp³-hybridized carbons (Fsp3) is 0.308. The van der Waals surface area contributed by atoms with Crippen LogP contribution in [0.4, 0.5) is 10.1 Å². The van der Waals surface area contributed by atoms with Gasteiger partial charge in [0.1, 0.15) is 5.82 Å². The van der Waals surface area contributed by atoms with Crippen molar-refractivity contribution in [1.82, 2.24) is 15.0 Å². The molecule has 0 fully saturated rings. The van der Waals surface area contributed by atoms with Crippen molar-refractivity contribution in [2.75, 3.05) is 23.7 Å². The fourth-order valence-electron chi connectivity index (χ4n) is 2.21. The Bertz CT molecular complexity index is 683. The van der Waals surface area contributed by atoms with Crippen LogP contribution in [-0.4, -0.2) is 39.2 Å². The molecule has 1 atom stereocenters. The number of nitrogens with zero attached hydrogens (tertiary/aromatic N) is 4. The predicted molar refractivity (Wildman–Crippen MR) is 84.1 cm³/mol. The molecule has 2 aromatic rings. The number of rotatable bonds is 3. The molecule has 1 aromatic heterocycles. The third-order valence-corrected chi connectivity index (χ3v) is 4.62. The van der Waals surface area contributed by atoms with E-state index in [1.54, 1.807) is 12.3 Å². The lowest BCUT2D eigenvalue weighted by molar-refractivity contribution is 0.619. The molecule has 6 nitrogen and oxygen atoms in total. The van der Waals surface area contributed by atoms with E-state index >= 15 is 0 Å². The molecular weight excluding hydrogens is 291 g/mol. The van der Waals surface area contributed by atoms with Crippen molar-refractivity contribution >= 4 is 21.7 Å². The van der Waals surface area contributed by atoms with Gasteiger partial charge in [-0.15, -0.1) is 15.8 Å². The van der Waals surface area contributed by atoms with E-state index in [2.05, 4.69) is 10.3 Å². The average molecular weight is 308 g/mol. The van der Waals surface area contributed by atoms with Crippen LogP contribution in [0.5, 0.6) is 0 Å². The van der Waals surface area contributed by atoms with E-state index in [1.807, 2.05) is 16.3 Å². The van der Waals surface area contributed by atoms with Gasteiger partial charge in [0.15, 0.2) is 0 Å². The van der Waals surface area contributed by atoms with Crippen LogP contribution in [0.2, 0.25) is 0 Å². The van der Waals surface area contributed by atoms with Gasteiger partial charge in [0.2, 0.25) is 0 Å². The molecule has 21 heavy (non-hydrogen) atoms. The zero-order valence-electron chi connectivity index (χ0n) is 11.4. The molecule has 1 unspecified atom stereocenters. The number of anilines is 1. The number of halogens is 1. The van der Waals surface area contributed by atoms with Crippen LogP contribution in [0.3, 0.4) is 0 Å². The highest BCUT2D eigenvalue weighted by atomic mass is 32.2. The molecule has 4 N–H and O–H groups in total. The molecule has 1 aliphatic rings. The normalized spacial score (nSPS) is 18.6. The summed E-state index contributed by atoms with van der Waals surface area (Å²) < 4.78 is 15.9. The molecule has 0 spiro atoms. The summed E-state index contributed by atoms with van der Waals surface area (Å²) in [7, 11) is -0.147. The summed E-state index contributed by atoms with van der Waals surface area (Å²) in [6.45, 7) is 1.76. The van der Waals surface area contributed by atoms with Crippen molar-refractivity contribution in [1.29, 1.82) is 0 Å². The Morgan fingerprint density at radius 3 is 2.86 bits per heavy atom. The minimum atomic E-state index is -0.274. The molecule has 0 radical (unpaired) electrons. The minimum Gasteiger partial charge on any atom is -0.364 e. The van der Waals surface area contributed by atoms with Crippen molar-refractivity contribution in [3.8, 4) is 5.69 Å². The first-order valence-corrected chi connectivity index (χ1v) is 8.13. The summed E-state index contributed by atoms with van der Waals surface area (Å²) in [6.07, 6.45) is 1.70. The van der Waals surface area contributed by atoms with Crippen molar-refractivity contribution in [3.63, 3.8) is 0 Å². The zero-order chi connectivity index (χ0) is 14.8. The molecule has 1 aromatic carbocycles. The van der Waals surface area contributed by atoms with E-state index in [9.17, 15) is 4.39 Å². The van der Waals surface area contributed by atoms with Gasteiger partial charge in [-0.1, -0.05) is 5.21 Å². The summed E-state index contributed by atoms with van der Waals surface area (Å²) in [4.78, 5) is 1.99. The van der Waals surface area contributed by atoms with Crippen LogP contribution in [0, 0.1) is 5.82 Å². The Morgan fingerprint density at radius 2 is 2.24 bits per heavy atom. The molecule has 112 valence electrons. The summed E-state index contributed by atoms with van der Waals surface area (Å²) in [6, 6.07) is 5.05. The van der Waals surface area contributed by atoms with Crippen LogP contribution in [0.1, 0.15) is 5.69 Å². The van der Waals surface area contributed by atoms with Crippen molar-refractivity contribution in [2.45, 2.75) is 6.54 Å². The molecule has 8 heteroatoms. The maximum absolute atomic E-state index is 14.3. The molecule has 0 saturated carbocycles. The van der Waals surface area contributed by atoms with E-state index in [-0.39, 0.29) is 16.5 Å². The van der Waals surface area contributed by atoms with E-state index < -0.39 is 0 Å². The number of benzene rings is 1. The van der Waals surface area contributed by atoms with Crippen LogP contribution in [0.15, 0.2) is 24.4 Å². The molecule has 2 heterocycles. The van der Waals surface area contributed by atoms with Gasteiger partial charge in [0.25, 0.3) is 0 Å². The Balaban J connectivity index is 1.86. The Morgan fingerprint density at radius 1 is 1.38 bits per heavy atom. The molecule has 0 bridgehead atoms. The molecule has 0 amide bonds. The lowest BCUT2D eigenvalue weighted by Gasteiger charge is -2.28. The van der Waals surface area contributed by atoms with E-state index in [1.165, 1.54) is 10.7 Å². The highest BCUT2D eigenvalue weighted by molar-refractivity contribution is 8.13. The predicted octanol–water partition coefficient (Wildman–Crippen LogP) is 0.630. The van der Waals surface area contributed by atoms with E-state index in [0.29, 0.717) is 30.2 Å². The SMILES string of the molecule is NCc1cn(-c2ccc(N3CC=S(N)CC3)c(F)c2)nn1. The second kappa shape index (κ2) is 5.92. The quantitative estimate of drug-likeness (QED) is 0.812. The number of hydrogen-bond donors (Lipinski definition) is 2. The first-order valence-electron chi connectivity index (χ1n) is 6.61. The van der Waals surface area contributed by atoms with E-state index in [4.69, 9.17) is 10.9 Å². The second-order valence-electron chi connectivity index (χ2n) is 4.78. The Kier molecular flexibility index (Phi) is 4.00. The Hall–Kier alpha value is -1.77. The van der Waals surface area contributed by atoms with Gasteiger partial charge in [0.05, 0.1) is 23.3 Å². The first-order chi connectivity index (χ1) is 10.2. The number of hydrogen-bond acceptors (Lipinski definition) is 5. The molecule has 1 aliphatic heterocycles. The highest BCUT2D eigenvalue weighted by Gasteiger charge is 2.15. The summed E-state index contributed by atoms with van der Waals surface area (Å²) in [5.74, 6) is 0.592. The van der Waals surface area contributed by atoms with Gasteiger partial charge in [-0.3, -0.25) is 5.14 Å². The Labute approximate surface area is 124 Å². The van der Waals surface area contributed by atoms with Crippen LogP contribution >= 0.6 is 10.7 Å². The van der Waals surface area contributed by atoms with Crippen molar-refractivity contribution < 1.29 is 4.39 Å². The third-order valence-electron chi connectivity index (χ3n) is 3.39. The van der Waals surface area contributed by atoms with Crippen LogP contribution in [0.25, 0.3) is 5.69 Å². The van der Waals surface area contributed by atoms with Gasteiger partial charge >= 0.3 is 0 Å². The van der Waals surface area contributed by atoms with Crippen molar-refractivity contribution in [2.24, 2.45) is 10.9 Å². The largest absolute Gasteiger partial charge is 0.364 e. The third kappa shape index (κ3) is 2.97. The average Bonchev–Trinajstić information content (AvgIpc) is 2.97. The minimum absolute atomic E-state index is 0.147. The topological polar surface area (TPSA) is 86.0 Å². The maximum Gasteiger partial charge on any atom is 0.148 e. The summed E-state index contributed by atoms with van der Waals surface area (Å²) >= 11 is 0. The van der Waals surface area contributed by atoms with Gasteiger partial charge in [-0.05, 0) is 17.5 Å². The fourth-order valence-corrected chi connectivity index (χ4v) is 3.18. The lowest BCUT2D eigenvalue weighted by Crippen LogP contribution is -2.33. The second-order valence-corrected chi connectivity index (χ2v) is 6.46. The first kappa shape index (κ1) is 14.2. The molecule has 3 rings (SSSR count).